The van der Waals surface area contributed by atoms with E-state index >= 15 is 0 Å². The predicted molar refractivity (Wildman–Crippen MR) is 446 cm³/mol. The fourth-order valence-corrected chi connectivity index (χ4v) is 18.3. The molecular formula is C82H117F3N26O12. The number of rotatable bonds is 15. The summed E-state index contributed by atoms with van der Waals surface area (Å²) in [7, 11) is 6.39. The molecule has 3 aromatic heterocycles. The topological polar surface area (TPSA) is 412 Å². The maximum Gasteiger partial charge on any atom is 0.573 e. The molecule has 0 atom stereocenters. The largest absolute Gasteiger partial charge is 0.573 e. The fourth-order valence-electron chi connectivity index (χ4n) is 18.3. The maximum absolute atomic E-state index is 13.1. The van der Waals surface area contributed by atoms with Crippen LogP contribution in [0.2, 0.25) is 0 Å². The van der Waals surface area contributed by atoms with Gasteiger partial charge in [-0.1, -0.05) is 43.1 Å². The van der Waals surface area contributed by atoms with E-state index in [2.05, 4.69) is 153 Å². The van der Waals surface area contributed by atoms with Gasteiger partial charge in [0.05, 0.1) is 76.6 Å². The summed E-state index contributed by atoms with van der Waals surface area (Å²) in [6.45, 7) is 22.7. The van der Waals surface area contributed by atoms with Crippen molar-refractivity contribution in [1.82, 2.24) is 85.7 Å². The Morgan fingerprint density at radius 1 is 0.553 bits per heavy atom. The minimum absolute atomic E-state index is 0.00609. The van der Waals surface area contributed by atoms with E-state index in [-0.39, 0.29) is 70.3 Å². The number of hydrogen-bond donors (Lipinski definition) is 6. The summed E-state index contributed by atoms with van der Waals surface area (Å²) >= 11 is 0. The quantitative estimate of drug-likeness (QED) is 0.0612. The molecule has 4 aromatic rings. The summed E-state index contributed by atoms with van der Waals surface area (Å²) in [5.41, 5.74) is 12.0. The monoisotopic (exact) mass is 1710 g/mol. The number of carbonyl (C=O) groups excluding carboxylic acids is 3. The molecule has 1 aromatic carbocycles. The number of likely N-dealkylation sites (tertiary alicyclic amines) is 4. The van der Waals surface area contributed by atoms with Crippen molar-refractivity contribution in [3.8, 4) is 5.75 Å². The van der Waals surface area contributed by atoms with Gasteiger partial charge in [0.2, 0.25) is 5.95 Å². The lowest BCUT2D eigenvalue weighted by Gasteiger charge is -2.37. The number of alkyl halides is 3. The SMILES string of the molecule is C1CC2(CCN1)CC(CN1CCC3=C(C1)N=NC3)=NO2.CCOC(=O)C1=NOC2(CCNCC2)C1.CN1CCC2(CC1)CC(C=O)=NO2.CN1CCC2(CC1)CC(CN1CCc3n[nH]nc3C1)=NO2.CN1CCC2(CC1)CC(CO)=NO2.O=C(c1cnc(NCc2cccc(OC(F)(F)F)c2)nc1)N1CCC2(CC1)CC(CN1CCc3n[nH]nc3C1)=NO2. The number of esters is 1. The van der Waals surface area contributed by atoms with E-state index in [1.807, 2.05) is 0 Å². The second-order valence-corrected chi connectivity index (χ2v) is 35.3. The van der Waals surface area contributed by atoms with E-state index in [0.29, 0.717) is 67.9 Å². The first kappa shape index (κ1) is 88.2. The van der Waals surface area contributed by atoms with Gasteiger partial charge in [0.25, 0.3) is 5.91 Å². The second kappa shape index (κ2) is 39.7. The zero-order valence-electron chi connectivity index (χ0n) is 71.0. The van der Waals surface area contributed by atoms with E-state index in [1.165, 1.54) is 53.3 Å². The zero-order valence-corrected chi connectivity index (χ0v) is 71.0. The second-order valence-electron chi connectivity index (χ2n) is 35.3. The maximum atomic E-state index is 13.1. The smallest absolute Gasteiger partial charge is 0.461 e. The van der Waals surface area contributed by atoms with Gasteiger partial charge in [0, 0.05) is 259 Å². The number of aldehydes is 1. The lowest BCUT2D eigenvalue weighted by Crippen LogP contribution is -2.47. The first-order valence-corrected chi connectivity index (χ1v) is 43.4. The highest BCUT2D eigenvalue weighted by Crippen LogP contribution is 2.41. The number of aromatic amines is 2. The molecule has 6 spiro atoms. The Hall–Kier alpha value is -9.62. The summed E-state index contributed by atoms with van der Waals surface area (Å²) < 4.78 is 46.2. The molecule has 19 heterocycles. The average Bonchev–Trinajstić information content (AvgIpc) is 1.70. The Bertz CT molecular complexity index is 4530. The first-order valence-electron chi connectivity index (χ1n) is 43.4. The van der Waals surface area contributed by atoms with Crippen molar-refractivity contribution in [2.45, 2.75) is 201 Å². The normalized spacial score (nSPS) is 23.8. The molecule has 41 heteroatoms. The van der Waals surface area contributed by atoms with Crippen LogP contribution in [-0.2, 0) is 75.8 Å². The summed E-state index contributed by atoms with van der Waals surface area (Å²) in [6.07, 6.45) is 18.2. The molecule has 1 amide bonds. The number of fused-ring (bicyclic) bond motifs is 2. The Labute approximate surface area is 712 Å². The number of amides is 1. The van der Waals surface area contributed by atoms with Gasteiger partial charge in [-0.3, -0.25) is 24.3 Å². The predicted octanol–water partition coefficient (Wildman–Crippen LogP) is 5.72. The standard InChI is InChI=1S/C26H28F3N9O3.C14H22N6O.C14H21N5O.C10H16N2O3.C9H16N2O2.C9H14N2O2/c27-26(28,29)40-20-3-1-2-17(10-20)12-30-24-31-13-18(14-32-24)23(39)38-8-5-25(6-9-38)11-19(35-41-25)15-37-7-4-21-22(16-37)34-36-33-21;1-19-6-3-14(4-7-19)8-11(17-21-14)9-20-5-2-12-13(10-20)16-18-15-12;1-6-19(10-13-11(1)8-16-17-13)9-12-7-14(20-18-12)2-4-15-5-3-14;1-2-14-9(13)8-7-10(15-12-8)3-5-11-6-4-10;2*1-11-4-2-9(3-5-11)6-8(7-12)10-13-9/h1-3,10,13-14H,4-9,11-12,15-16H2,(H,30,31,32)(H,33,34,36);2-10H2,1H3,(H,15,16,18);15H,1-10H2;11H,2-7H2,1H3;12H,2-7H2,1H3;7H,2-6H2,1H3. The minimum atomic E-state index is -4.76. The van der Waals surface area contributed by atoms with E-state index in [4.69, 9.17) is 38.9 Å². The number of azo groups is 1. The molecule has 123 heavy (non-hydrogen) atoms. The van der Waals surface area contributed by atoms with Gasteiger partial charge in [-0.25, -0.2) is 14.8 Å². The third-order valence-corrected chi connectivity index (χ3v) is 25.9. The Balaban J connectivity index is 0.000000122. The number of piperidine rings is 6. The molecule has 20 rings (SSSR count). The van der Waals surface area contributed by atoms with E-state index in [0.717, 1.165) is 281 Å². The third kappa shape index (κ3) is 23.3. The van der Waals surface area contributed by atoms with Gasteiger partial charge < -0.3 is 79.2 Å². The average molecular weight is 1720 g/mol. The van der Waals surface area contributed by atoms with Crippen LogP contribution in [0.5, 0.6) is 5.75 Å². The third-order valence-electron chi connectivity index (χ3n) is 25.9. The molecule has 6 N–H and O–H groups in total. The van der Waals surface area contributed by atoms with Crippen molar-refractivity contribution in [3.63, 3.8) is 0 Å². The molecule has 0 saturated carbocycles. The van der Waals surface area contributed by atoms with E-state index in [9.17, 15) is 27.6 Å². The number of benzene rings is 1. The Morgan fingerprint density at radius 3 is 1.50 bits per heavy atom. The molecule has 0 radical (unpaired) electrons. The summed E-state index contributed by atoms with van der Waals surface area (Å²) in [5.74, 6) is -0.563. The lowest BCUT2D eigenvalue weighted by molar-refractivity contribution is -0.274. The van der Waals surface area contributed by atoms with Crippen LogP contribution in [0.3, 0.4) is 0 Å². The number of aliphatic hydroxyl groups excluding tert-OH is 1. The molecule has 6 saturated heterocycles. The highest BCUT2D eigenvalue weighted by atomic mass is 19.4. The summed E-state index contributed by atoms with van der Waals surface area (Å²) in [5, 5.41) is 73.8. The van der Waals surface area contributed by atoms with Crippen LogP contribution < -0.4 is 20.7 Å². The molecule has 6 fully saturated rings. The molecule has 668 valence electrons. The molecule has 0 unspecified atom stereocenters. The molecular weight excluding hydrogens is 1600 g/mol. The Kier molecular flexibility index (Phi) is 28.5. The molecule has 0 bridgehead atoms. The van der Waals surface area contributed by atoms with Crippen LogP contribution in [0.25, 0.3) is 0 Å². The number of halogens is 3. The van der Waals surface area contributed by atoms with Crippen LogP contribution in [0.4, 0.5) is 19.1 Å². The molecule has 38 nitrogen and oxygen atoms in total. The number of aromatic nitrogens is 8. The van der Waals surface area contributed by atoms with Crippen molar-refractivity contribution in [2.75, 3.05) is 171 Å². The van der Waals surface area contributed by atoms with Gasteiger partial charge in [-0.15, -0.1) is 13.2 Å². The number of oxime groups is 6. The van der Waals surface area contributed by atoms with Crippen molar-refractivity contribution in [1.29, 1.82) is 0 Å². The van der Waals surface area contributed by atoms with Crippen LogP contribution in [0.15, 0.2) is 89.1 Å². The van der Waals surface area contributed by atoms with Crippen LogP contribution in [-0.4, -0.2) is 338 Å². The molecule has 0 aliphatic carbocycles. The highest BCUT2D eigenvalue weighted by molar-refractivity contribution is 6.36. The number of nitrogens with zero attached hydrogens (tertiary/aromatic N) is 21. The van der Waals surface area contributed by atoms with Crippen LogP contribution >= 0.6 is 0 Å². The number of aliphatic hydroxyl groups is 1. The van der Waals surface area contributed by atoms with Crippen molar-refractivity contribution in [2.24, 2.45) is 41.2 Å². The number of hydrogen-bond acceptors (Lipinski definition) is 35. The highest BCUT2D eigenvalue weighted by Gasteiger charge is 2.48. The van der Waals surface area contributed by atoms with Gasteiger partial charge in [-0.2, -0.15) is 41.0 Å². The molecule has 16 aliphatic rings. The number of ether oxygens (including phenoxy) is 2. The van der Waals surface area contributed by atoms with Gasteiger partial charge >= 0.3 is 12.3 Å². The summed E-state index contributed by atoms with van der Waals surface area (Å²) in [6, 6.07) is 5.63. The van der Waals surface area contributed by atoms with Gasteiger partial charge in [-0.05, 0) is 83.9 Å². The number of carbonyl (C=O) groups is 3. The van der Waals surface area contributed by atoms with Crippen molar-refractivity contribution >= 4 is 58.4 Å². The van der Waals surface area contributed by atoms with E-state index < -0.39 is 6.36 Å². The Morgan fingerprint density at radius 2 is 1.01 bits per heavy atom. The van der Waals surface area contributed by atoms with Crippen LogP contribution in [0, 0.1) is 0 Å². The fraction of sp³-hybridized carbons (Fsp3) is 0.695. The number of H-pyrrole nitrogens is 2. The minimum Gasteiger partial charge on any atom is -0.461 e. The lowest BCUT2D eigenvalue weighted by atomic mass is 9.86. The van der Waals surface area contributed by atoms with Gasteiger partial charge in [0.15, 0.2) is 12.0 Å². The first-order chi connectivity index (χ1) is 59.5. The van der Waals surface area contributed by atoms with Crippen molar-refractivity contribution < 1.29 is 71.2 Å². The number of anilines is 1. The van der Waals surface area contributed by atoms with Gasteiger partial charge in [0.1, 0.15) is 45.1 Å². The summed E-state index contributed by atoms with van der Waals surface area (Å²) in [4.78, 5) is 92.9. The number of nitrogens with one attached hydrogen (secondary N) is 5. The molecule has 16 aliphatic heterocycles. The van der Waals surface area contributed by atoms with E-state index in [1.54, 1.807) is 17.9 Å². The zero-order chi connectivity index (χ0) is 85.5. The van der Waals surface area contributed by atoms with Crippen LogP contribution in [0.1, 0.15) is 168 Å². The van der Waals surface area contributed by atoms with Crippen molar-refractivity contribution in [3.05, 3.63) is 81.8 Å².